The number of piperidine rings is 1. The predicted molar refractivity (Wildman–Crippen MR) is 77.8 cm³/mol. The van der Waals surface area contributed by atoms with Crippen LogP contribution in [0.1, 0.15) is 26.2 Å². The highest BCUT2D eigenvalue weighted by Gasteiger charge is 2.19. The summed E-state index contributed by atoms with van der Waals surface area (Å²) in [7, 11) is 2.16. The van der Waals surface area contributed by atoms with Gasteiger partial charge >= 0.3 is 0 Å². The SMILES string of the molecule is CCOc1cc(N)cc(OCC2CCCCN2C)c1. The molecule has 2 N–H and O–H groups in total. The molecule has 1 unspecified atom stereocenters. The summed E-state index contributed by atoms with van der Waals surface area (Å²) >= 11 is 0. The second kappa shape index (κ2) is 6.66. The Bertz CT molecular complexity index is 409. The van der Waals surface area contributed by atoms with Gasteiger partial charge in [0, 0.05) is 29.9 Å². The molecule has 0 saturated carbocycles. The van der Waals surface area contributed by atoms with Gasteiger partial charge in [-0.25, -0.2) is 0 Å². The fourth-order valence-electron chi connectivity index (χ4n) is 2.47. The van der Waals surface area contributed by atoms with Gasteiger partial charge in [0.25, 0.3) is 0 Å². The van der Waals surface area contributed by atoms with Crippen molar-refractivity contribution in [1.82, 2.24) is 4.90 Å². The summed E-state index contributed by atoms with van der Waals surface area (Å²) in [5.74, 6) is 1.57. The first kappa shape index (κ1) is 14.0. The Hall–Kier alpha value is -1.42. The fraction of sp³-hybridized carbons (Fsp3) is 0.600. The van der Waals surface area contributed by atoms with Gasteiger partial charge in [-0.15, -0.1) is 0 Å². The number of likely N-dealkylation sites (tertiary alicyclic amines) is 1. The molecule has 1 aliphatic heterocycles. The molecular weight excluding hydrogens is 240 g/mol. The molecule has 106 valence electrons. The molecule has 2 rings (SSSR count). The van der Waals surface area contributed by atoms with Crippen LogP contribution >= 0.6 is 0 Å². The minimum absolute atomic E-state index is 0.505. The zero-order valence-electron chi connectivity index (χ0n) is 11.9. The van der Waals surface area contributed by atoms with Gasteiger partial charge < -0.3 is 20.1 Å². The van der Waals surface area contributed by atoms with E-state index in [0.29, 0.717) is 24.9 Å². The molecule has 1 saturated heterocycles. The third-order valence-corrected chi connectivity index (χ3v) is 3.58. The molecule has 4 nitrogen and oxygen atoms in total. The second-order valence-electron chi connectivity index (χ2n) is 5.11. The molecule has 1 atom stereocenters. The molecular formula is C15H24N2O2. The van der Waals surface area contributed by atoms with Crippen LogP contribution in [0.4, 0.5) is 5.69 Å². The summed E-state index contributed by atoms with van der Waals surface area (Å²) in [6.45, 7) is 4.47. The first-order chi connectivity index (χ1) is 9.19. The highest BCUT2D eigenvalue weighted by atomic mass is 16.5. The van der Waals surface area contributed by atoms with E-state index in [1.807, 2.05) is 25.1 Å². The first-order valence-corrected chi connectivity index (χ1v) is 7.05. The largest absolute Gasteiger partial charge is 0.494 e. The van der Waals surface area contributed by atoms with Crippen LogP contribution in [0.15, 0.2) is 18.2 Å². The summed E-state index contributed by atoms with van der Waals surface area (Å²) in [5.41, 5.74) is 6.53. The topological polar surface area (TPSA) is 47.7 Å². The van der Waals surface area contributed by atoms with E-state index < -0.39 is 0 Å². The van der Waals surface area contributed by atoms with E-state index >= 15 is 0 Å². The molecule has 0 aromatic heterocycles. The van der Waals surface area contributed by atoms with Crippen molar-refractivity contribution in [2.75, 3.05) is 32.5 Å². The molecule has 0 bridgehead atoms. The third kappa shape index (κ3) is 4.03. The highest BCUT2D eigenvalue weighted by molar-refractivity contribution is 5.50. The van der Waals surface area contributed by atoms with Gasteiger partial charge in [-0.3, -0.25) is 0 Å². The number of hydrogen-bond donors (Lipinski definition) is 1. The summed E-state index contributed by atoms with van der Waals surface area (Å²) < 4.78 is 11.4. The highest BCUT2D eigenvalue weighted by Crippen LogP contribution is 2.25. The van der Waals surface area contributed by atoms with Crippen LogP contribution in [0.2, 0.25) is 0 Å². The number of rotatable bonds is 5. The van der Waals surface area contributed by atoms with Crippen LogP contribution in [-0.2, 0) is 0 Å². The van der Waals surface area contributed by atoms with Crippen LogP contribution in [0, 0.1) is 0 Å². The van der Waals surface area contributed by atoms with E-state index in [1.54, 1.807) is 0 Å². The molecule has 4 heteroatoms. The molecule has 1 aromatic carbocycles. The van der Waals surface area contributed by atoms with E-state index in [0.717, 1.165) is 18.0 Å². The van der Waals surface area contributed by atoms with Crippen LogP contribution in [0.25, 0.3) is 0 Å². The number of nitrogens with zero attached hydrogens (tertiary/aromatic N) is 1. The Balaban J connectivity index is 1.94. The molecule has 1 heterocycles. The lowest BCUT2D eigenvalue weighted by molar-refractivity contribution is 0.125. The molecule has 19 heavy (non-hydrogen) atoms. The number of nitrogens with two attached hydrogens (primary N) is 1. The van der Waals surface area contributed by atoms with Gasteiger partial charge in [0.05, 0.1) is 6.61 Å². The zero-order chi connectivity index (χ0) is 13.7. The van der Waals surface area contributed by atoms with Crippen molar-refractivity contribution in [3.63, 3.8) is 0 Å². The van der Waals surface area contributed by atoms with E-state index in [9.17, 15) is 0 Å². The maximum atomic E-state index is 5.88. The Labute approximate surface area is 115 Å². The van der Waals surface area contributed by atoms with Crippen molar-refractivity contribution in [2.24, 2.45) is 0 Å². The van der Waals surface area contributed by atoms with E-state index in [2.05, 4.69) is 11.9 Å². The molecule has 0 spiro atoms. The number of hydrogen-bond acceptors (Lipinski definition) is 4. The Morgan fingerprint density at radius 3 is 2.63 bits per heavy atom. The van der Waals surface area contributed by atoms with Crippen molar-refractivity contribution in [3.05, 3.63) is 18.2 Å². The average Bonchev–Trinajstić information content (AvgIpc) is 2.37. The van der Waals surface area contributed by atoms with E-state index in [-0.39, 0.29) is 0 Å². The van der Waals surface area contributed by atoms with Crippen LogP contribution < -0.4 is 15.2 Å². The van der Waals surface area contributed by atoms with Gasteiger partial charge in [0.1, 0.15) is 18.1 Å². The summed E-state index contributed by atoms with van der Waals surface area (Å²) in [6, 6.07) is 6.09. The molecule has 1 aliphatic rings. The number of anilines is 1. The normalized spacial score (nSPS) is 20.2. The lowest BCUT2D eigenvalue weighted by Crippen LogP contribution is -2.40. The van der Waals surface area contributed by atoms with Gasteiger partial charge in [0.15, 0.2) is 0 Å². The van der Waals surface area contributed by atoms with Gasteiger partial charge in [-0.05, 0) is 33.4 Å². The summed E-state index contributed by atoms with van der Waals surface area (Å²) in [6.07, 6.45) is 3.79. The number of nitrogen functional groups attached to an aromatic ring is 1. The smallest absolute Gasteiger partial charge is 0.125 e. The van der Waals surface area contributed by atoms with Crippen molar-refractivity contribution >= 4 is 5.69 Å². The molecule has 0 aliphatic carbocycles. The van der Waals surface area contributed by atoms with Crippen LogP contribution in [-0.4, -0.2) is 37.7 Å². The third-order valence-electron chi connectivity index (χ3n) is 3.58. The lowest BCUT2D eigenvalue weighted by atomic mass is 10.0. The molecule has 0 radical (unpaired) electrons. The number of likely N-dealkylation sites (N-methyl/N-ethyl adjacent to an activating group) is 1. The average molecular weight is 264 g/mol. The standard InChI is InChI=1S/C15H24N2O2/c1-3-18-14-8-12(16)9-15(10-14)19-11-13-6-4-5-7-17(13)2/h8-10,13H,3-7,11,16H2,1-2H3. The minimum atomic E-state index is 0.505. The Morgan fingerprint density at radius 2 is 1.95 bits per heavy atom. The minimum Gasteiger partial charge on any atom is -0.494 e. The lowest BCUT2D eigenvalue weighted by Gasteiger charge is -2.32. The second-order valence-corrected chi connectivity index (χ2v) is 5.11. The first-order valence-electron chi connectivity index (χ1n) is 7.05. The maximum absolute atomic E-state index is 5.88. The number of ether oxygens (including phenoxy) is 2. The van der Waals surface area contributed by atoms with Crippen LogP contribution in [0.5, 0.6) is 11.5 Å². The Morgan fingerprint density at radius 1 is 1.21 bits per heavy atom. The summed E-state index contributed by atoms with van der Waals surface area (Å²) in [4.78, 5) is 2.37. The molecule has 0 amide bonds. The Kier molecular flexibility index (Phi) is 4.91. The monoisotopic (exact) mass is 264 g/mol. The summed E-state index contributed by atoms with van der Waals surface area (Å²) in [5, 5.41) is 0. The van der Waals surface area contributed by atoms with Crippen LogP contribution in [0.3, 0.4) is 0 Å². The molecule has 1 fully saturated rings. The molecule has 1 aromatic rings. The van der Waals surface area contributed by atoms with Gasteiger partial charge in [-0.2, -0.15) is 0 Å². The van der Waals surface area contributed by atoms with Crippen molar-refractivity contribution < 1.29 is 9.47 Å². The zero-order valence-corrected chi connectivity index (χ0v) is 11.9. The van der Waals surface area contributed by atoms with Crippen molar-refractivity contribution in [2.45, 2.75) is 32.2 Å². The fourth-order valence-corrected chi connectivity index (χ4v) is 2.47. The van der Waals surface area contributed by atoms with Gasteiger partial charge in [0.2, 0.25) is 0 Å². The van der Waals surface area contributed by atoms with Gasteiger partial charge in [-0.1, -0.05) is 6.42 Å². The quantitative estimate of drug-likeness (QED) is 0.830. The number of benzene rings is 1. The van der Waals surface area contributed by atoms with E-state index in [4.69, 9.17) is 15.2 Å². The van der Waals surface area contributed by atoms with Crippen molar-refractivity contribution in [1.29, 1.82) is 0 Å². The maximum Gasteiger partial charge on any atom is 0.125 e. The van der Waals surface area contributed by atoms with Crippen molar-refractivity contribution in [3.8, 4) is 11.5 Å². The predicted octanol–water partition coefficient (Wildman–Crippen LogP) is 2.53. The van der Waals surface area contributed by atoms with E-state index in [1.165, 1.54) is 19.3 Å².